The summed E-state index contributed by atoms with van der Waals surface area (Å²) in [6, 6.07) is 13.9. The molecule has 0 atom stereocenters. The number of aromatic nitrogens is 2. The van der Waals surface area contributed by atoms with Gasteiger partial charge in [0.05, 0.1) is 23.8 Å². The smallest absolute Gasteiger partial charge is 0.269 e. The Bertz CT molecular complexity index is 1030. The van der Waals surface area contributed by atoms with Crippen LogP contribution in [0.25, 0.3) is 0 Å². The summed E-state index contributed by atoms with van der Waals surface area (Å²) in [7, 11) is 0. The first-order chi connectivity index (χ1) is 15.1. The summed E-state index contributed by atoms with van der Waals surface area (Å²) < 4.78 is 4.18. The number of nitrogens with zero attached hydrogens (tertiary/aromatic N) is 5. The van der Waals surface area contributed by atoms with E-state index in [1.165, 1.54) is 18.3 Å². The highest BCUT2D eigenvalue weighted by atomic mass is 16.6. The average Bonchev–Trinajstić information content (AvgIpc) is 2.79. The van der Waals surface area contributed by atoms with Crippen molar-refractivity contribution in [1.29, 1.82) is 0 Å². The van der Waals surface area contributed by atoms with Crippen LogP contribution < -0.4 is 9.13 Å². The highest BCUT2D eigenvalue weighted by Crippen LogP contribution is 2.12. The van der Waals surface area contributed by atoms with Crippen LogP contribution in [-0.4, -0.2) is 22.6 Å². The van der Waals surface area contributed by atoms with Crippen molar-refractivity contribution in [1.82, 2.24) is 0 Å². The number of hydrogen-bond acceptors (Lipinski definition) is 6. The molecule has 3 aromatic rings. The minimum absolute atomic E-state index is 0.0503. The topological polar surface area (TPSA) is 105 Å². The standard InChI is InChI=1S/C22H22N5O4/c28-23-16-19-6-12-25(13-7-19)10-1-11-26-14-8-20(9-15-26)17-24-31-18-21-2-4-22(5-3-21)27(29)30/h2-9,12-17H,1,10-11,18H2/q+1/p+1/b24-17-. The summed E-state index contributed by atoms with van der Waals surface area (Å²) in [6.45, 7) is 2.00. The number of nitro benzene ring substituents is 1. The van der Waals surface area contributed by atoms with E-state index < -0.39 is 4.92 Å². The van der Waals surface area contributed by atoms with E-state index in [0.29, 0.717) is 0 Å². The molecule has 31 heavy (non-hydrogen) atoms. The molecule has 0 bridgehead atoms. The second-order valence-corrected chi connectivity index (χ2v) is 6.77. The van der Waals surface area contributed by atoms with Crippen molar-refractivity contribution >= 4 is 18.1 Å². The van der Waals surface area contributed by atoms with Crippen LogP contribution in [0.3, 0.4) is 0 Å². The molecule has 0 amide bonds. The number of oxime groups is 2. The quantitative estimate of drug-likeness (QED) is 0.179. The monoisotopic (exact) mass is 421 g/mol. The van der Waals surface area contributed by atoms with Crippen molar-refractivity contribution in [3.63, 3.8) is 0 Å². The van der Waals surface area contributed by atoms with Gasteiger partial charge in [-0.05, 0) is 17.7 Å². The minimum atomic E-state index is -0.434. The van der Waals surface area contributed by atoms with E-state index >= 15 is 0 Å². The lowest BCUT2D eigenvalue weighted by atomic mass is 10.2. The van der Waals surface area contributed by atoms with E-state index in [9.17, 15) is 10.1 Å². The Hall–Kier alpha value is -4.14. The summed E-state index contributed by atoms with van der Waals surface area (Å²) >= 11 is 0. The molecule has 3 rings (SSSR count). The second kappa shape index (κ2) is 11.1. The summed E-state index contributed by atoms with van der Waals surface area (Å²) in [4.78, 5) is 15.5. The predicted molar refractivity (Wildman–Crippen MR) is 113 cm³/mol. The molecule has 9 nitrogen and oxygen atoms in total. The molecule has 0 saturated heterocycles. The molecular formula is C22H23N5O4+2. The van der Waals surface area contributed by atoms with E-state index in [4.69, 9.17) is 10.0 Å². The molecule has 2 heterocycles. The molecule has 0 aliphatic heterocycles. The SMILES string of the molecule is O=[N+]([O-])c1ccc(CO/N=C\c2cc[n+](CCC[n+]3ccc(C=NO)cc3)cc2)cc1. The van der Waals surface area contributed by atoms with Gasteiger partial charge in [-0.1, -0.05) is 10.3 Å². The molecule has 158 valence electrons. The van der Waals surface area contributed by atoms with Crippen molar-refractivity contribution in [3.8, 4) is 0 Å². The lowest BCUT2D eigenvalue weighted by molar-refractivity contribution is -0.726. The van der Waals surface area contributed by atoms with Crippen LogP contribution in [0.2, 0.25) is 0 Å². The number of hydrogen-bond donors (Lipinski definition) is 1. The normalized spacial score (nSPS) is 11.2. The maximum atomic E-state index is 10.6. The largest absolute Gasteiger partial charge is 0.411 e. The predicted octanol–water partition coefficient (Wildman–Crippen LogP) is 2.62. The number of aryl methyl sites for hydroxylation is 2. The Morgan fingerprint density at radius 1 is 0.903 bits per heavy atom. The highest BCUT2D eigenvalue weighted by molar-refractivity contribution is 5.78. The lowest BCUT2D eigenvalue weighted by Crippen LogP contribution is -2.38. The van der Waals surface area contributed by atoms with Gasteiger partial charge >= 0.3 is 0 Å². The van der Waals surface area contributed by atoms with E-state index in [1.807, 2.05) is 49.1 Å². The van der Waals surface area contributed by atoms with Crippen molar-refractivity contribution in [2.24, 2.45) is 10.3 Å². The number of pyridine rings is 2. The van der Waals surface area contributed by atoms with Gasteiger partial charge in [-0.2, -0.15) is 0 Å². The maximum Gasteiger partial charge on any atom is 0.269 e. The van der Waals surface area contributed by atoms with Crippen molar-refractivity contribution in [2.45, 2.75) is 26.1 Å². The first-order valence-electron chi connectivity index (χ1n) is 9.68. The molecule has 0 fully saturated rings. The Labute approximate surface area is 179 Å². The number of rotatable bonds is 10. The summed E-state index contributed by atoms with van der Waals surface area (Å²) in [5.74, 6) is 0. The fourth-order valence-electron chi connectivity index (χ4n) is 2.83. The molecule has 0 radical (unpaired) electrons. The molecule has 0 aliphatic rings. The van der Waals surface area contributed by atoms with Crippen LogP contribution in [-0.2, 0) is 24.5 Å². The Morgan fingerprint density at radius 3 is 1.97 bits per heavy atom. The van der Waals surface area contributed by atoms with Gasteiger partial charge in [0, 0.05) is 47.5 Å². The van der Waals surface area contributed by atoms with Crippen LogP contribution in [0.5, 0.6) is 0 Å². The van der Waals surface area contributed by atoms with Gasteiger partial charge in [0.2, 0.25) is 0 Å². The molecule has 0 saturated carbocycles. The summed E-state index contributed by atoms with van der Waals surface area (Å²) in [5.41, 5.74) is 2.62. The van der Waals surface area contributed by atoms with Gasteiger partial charge in [0.25, 0.3) is 5.69 Å². The van der Waals surface area contributed by atoms with Gasteiger partial charge in [-0.3, -0.25) is 10.1 Å². The van der Waals surface area contributed by atoms with Crippen molar-refractivity contribution in [2.75, 3.05) is 0 Å². The molecule has 1 aromatic carbocycles. The zero-order valence-corrected chi connectivity index (χ0v) is 16.8. The average molecular weight is 421 g/mol. The molecule has 0 spiro atoms. The van der Waals surface area contributed by atoms with Crippen LogP contribution in [0, 0.1) is 10.1 Å². The third-order valence-corrected chi connectivity index (χ3v) is 4.53. The lowest BCUT2D eigenvalue weighted by Gasteiger charge is -2.00. The molecular weight excluding hydrogens is 398 g/mol. The van der Waals surface area contributed by atoms with E-state index in [1.54, 1.807) is 18.3 Å². The second-order valence-electron chi connectivity index (χ2n) is 6.77. The van der Waals surface area contributed by atoms with Crippen LogP contribution >= 0.6 is 0 Å². The van der Waals surface area contributed by atoms with Crippen LogP contribution in [0.4, 0.5) is 5.69 Å². The molecule has 0 aliphatic carbocycles. The van der Waals surface area contributed by atoms with E-state index in [2.05, 4.69) is 19.4 Å². The zero-order chi connectivity index (χ0) is 21.9. The molecule has 2 aromatic heterocycles. The van der Waals surface area contributed by atoms with Gasteiger partial charge < -0.3 is 10.0 Å². The third-order valence-electron chi connectivity index (χ3n) is 4.53. The minimum Gasteiger partial charge on any atom is -0.411 e. The fraction of sp³-hybridized carbons (Fsp3) is 0.182. The Morgan fingerprint density at radius 2 is 1.45 bits per heavy atom. The third kappa shape index (κ3) is 7.00. The molecule has 0 unspecified atom stereocenters. The fourth-order valence-corrected chi connectivity index (χ4v) is 2.83. The summed E-state index contributed by atoms with van der Waals surface area (Å²) in [5, 5.41) is 26.1. The number of nitro groups is 1. The molecule has 9 heteroatoms. The molecule has 1 N–H and O–H groups in total. The first kappa shape index (κ1) is 21.6. The van der Waals surface area contributed by atoms with Crippen LogP contribution in [0.1, 0.15) is 23.1 Å². The number of non-ortho nitro benzene ring substituents is 1. The Balaban J connectivity index is 1.40. The van der Waals surface area contributed by atoms with Crippen molar-refractivity contribution in [3.05, 3.63) is 100 Å². The van der Waals surface area contributed by atoms with Gasteiger partial charge in [0.15, 0.2) is 37.9 Å². The Kier molecular flexibility index (Phi) is 7.76. The summed E-state index contributed by atoms with van der Waals surface area (Å²) in [6.07, 6.45) is 11.9. The zero-order valence-electron chi connectivity index (χ0n) is 16.8. The van der Waals surface area contributed by atoms with Gasteiger partial charge in [-0.25, -0.2) is 9.13 Å². The van der Waals surface area contributed by atoms with Gasteiger partial charge in [0.1, 0.15) is 6.61 Å². The maximum absolute atomic E-state index is 10.6. The van der Waals surface area contributed by atoms with Crippen LogP contribution in [0.15, 0.2) is 83.6 Å². The first-order valence-corrected chi connectivity index (χ1v) is 9.68. The van der Waals surface area contributed by atoms with Gasteiger partial charge in [-0.15, -0.1) is 0 Å². The highest BCUT2D eigenvalue weighted by Gasteiger charge is 2.05. The van der Waals surface area contributed by atoms with E-state index in [-0.39, 0.29) is 12.3 Å². The van der Waals surface area contributed by atoms with E-state index in [0.717, 1.165) is 36.2 Å². The number of benzene rings is 1. The van der Waals surface area contributed by atoms with Crippen molar-refractivity contribution < 1.29 is 24.1 Å².